The van der Waals surface area contributed by atoms with Crippen molar-refractivity contribution in [2.24, 2.45) is 7.05 Å². The van der Waals surface area contributed by atoms with Gasteiger partial charge >= 0.3 is 0 Å². The molecule has 0 aliphatic carbocycles. The van der Waals surface area contributed by atoms with Crippen LogP contribution in [0.4, 0.5) is 15.8 Å². The van der Waals surface area contributed by atoms with Crippen LogP contribution in [-0.2, 0) is 13.5 Å². The molecule has 2 rings (SSSR count). The third-order valence-electron chi connectivity index (χ3n) is 2.52. The molecule has 1 aromatic heterocycles. The average Bonchev–Trinajstić information content (AvgIpc) is 2.71. The zero-order chi connectivity index (χ0) is 12.3. The highest BCUT2D eigenvalue weighted by Gasteiger charge is 2.04. The van der Waals surface area contributed by atoms with Crippen molar-refractivity contribution in [2.75, 3.05) is 17.6 Å². The van der Waals surface area contributed by atoms with Gasteiger partial charge in [-0.15, -0.1) is 10.2 Å². The minimum Gasteiger partial charge on any atom is -0.395 e. The summed E-state index contributed by atoms with van der Waals surface area (Å²) in [6.07, 6.45) is 2.35. The van der Waals surface area contributed by atoms with Crippen molar-refractivity contribution in [3.63, 3.8) is 0 Å². The van der Waals surface area contributed by atoms with E-state index in [9.17, 15) is 4.39 Å². The van der Waals surface area contributed by atoms with Crippen molar-refractivity contribution in [3.05, 3.63) is 36.2 Å². The first-order valence-electron chi connectivity index (χ1n) is 5.29. The third-order valence-corrected chi connectivity index (χ3v) is 2.52. The third kappa shape index (κ3) is 2.52. The van der Waals surface area contributed by atoms with E-state index in [1.54, 1.807) is 18.5 Å². The van der Waals surface area contributed by atoms with Gasteiger partial charge in [0.1, 0.15) is 18.0 Å². The molecule has 0 amide bonds. The number of hydrogen-bond acceptors (Lipinski definition) is 4. The molecule has 0 fully saturated rings. The van der Waals surface area contributed by atoms with Gasteiger partial charge in [-0.2, -0.15) is 0 Å². The predicted molar refractivity (Wildman–Crippen MR) is 64.0 cm³/mol. The van der Waals surface area contributed by atoms with E-state index in [4.69, 9.17) is 5.73 Å². The zero-order valence-electron chi connectivity index (χ0n) is 9.52. The van der Waals surface area contributed by atoms with Gasteiger partial charge in [-0.05, 0) is 12.1 Å². The Hall–Kier alpha value is -2.11. The molecule has 6 heteroatoms. The van der Waals surface area contributed by atoms with Gasteiger partial charge < -0.3 is 15.6 Å². The second-order valence-corrected chi connectivity index (χ2v) is 3.74. The van der Waals surface area contributed by atoms with Gasteiger partial charge in [-0.1, -0.05) is 6.07 Å². The average molecular weight is 235 g/mol. The van der Waals surface area contributed by atoms with Crippen LogP contribution in [0.2, 0.25) is 0 Å². The quantitative estimate of drug-likeness (QED) is 0.781. The van der Waals surface area contributed by atoms with Gasteiger partial charge in [-0.25, -0.2) is 4.39 Å². The molecule has 0 saturated carbocycles. The van der Waals surface area contributed by atoms with Crippen molar-refractivity contribution in [1.82, 2.24) is 14.8 Å². The fourth-order valence-electron chi connectivity index (χ4n) is 1.53. The lowest BCUT2D eigenvalue weighted by Crippen LogP contribution is -2.10. The number of anilines is 2. The molecular weight excluding hydrogens is 221 g/mol. The highest BCUT2D eigenvalue weighted by molar-refractivity contribution is 5.66. The van der Waals surface area contributed by atoms with E-state index in [0.717, 1.165) is 5.82 Å². The molecule has 0 unspecified atom stereocenters. The van der Waals surface area contributed by atoms with Crippen LogP contribution in [0.5, 0.6) is 0 Å². The number of halogens is 1. The lowest BCUT2D eigenvalue weighted by atomic mass is 10.2. The molecule has 0 aliphatic rings. The number of nitrogens with two attached hydrogens (primary N) is 1. The molecule has 2 aromatic rings. The van der Waals surface area contributed by atoms with E-state index in [-0.39, 0.29) is 5.69 Å². The highest BCUT2D eigenvalue weighted by Crippen LogP contribution is 2.20. The summed E-state index contributed by atoms with van der Waals surface area (Å²) in [6, 6.07) is 4.70. The molecule has 0 bridgehead atoms. The predicted octanol–water partition coefficient (Wildman–Crippen LogP) is 1.19. The number of nitrogens with one attached hydrogen (secondary N) is 1. The highest BCUT2D eigenvalue weighted by atomic mass is 19.1. The fraction of sp³-hybridized carbons (Fsp3) is 0.273. The van der Waals surface area contributed by atoms with Crippen LogP contribution in [0, 0.1) is 5.82 Å². The van der Waals surface area contributed by atoms with Crippen molar-refractivity contribution < 1.29 is 4.39 Å². The van der Waals surface area contributed by atoms with E-state index in [1.807, 2.05) is 11.6 Å². The summed E-state index contributed by atoms with van der Waals surface area (Å²) in [4.78, 5) is 0. The second-order valence-electron chi connectivity index (χ2n) is 3.74. The van der Waals surface area contributed by atoms with E-state index < -0.39 is 5.82 Å². The lowest BCUT2D eigenvalue weighted by Gasteiger charge is -2.09. The van der Waals surface area contributed by atoms with Crippen molar-refractivity contribution in [1.29, 1.82) is 0 Å². The van der Waals surface area contributed by atoms with Crippen molar-refractivity contribution in [2.45, 2.75) is 6.42 Å². The number of hydrogen-bond donors (Lipinski definition) is 2. The SMILES string of the molecule is Cn1cnnc1CCNc1cccc(F)c1N. The minimum atomic E-state index is -0.409. The largest absolute Gasteiger partial charge is 0.395 e. The summed E-state index contributed by atoms with van der Waals surface area (Å²) in [7, 11) is 1.88. The molecule has 90 valence electrons. The van der Waals surface area contributed by atoms with E-state index in [0.29, 0.717) is 18.7 Å². The van der Waals surface area contributed by atoms with Crippen LogP contribution < -0.4 is 11.1 Å². The Labute approximate surface area is 98.5 Å². The van der Waals surface area contributed by atoms with E-state index in [1.165, 1.54) is 6.07 Å². The molecule has 0 radical (unpaired) electrons. The summed E-state index contributed by atoms with van der Waals surface area (Å²) >= 11 is 0. The molecule has 0 saturated heterocycles. The van der Waals surface area contributed by atoms with Gasteiger partial charge in [-0.3, -0.25) is 0 Å². The molecule has 0 spiro atoms. The van der Waals surface area contributed by atoms with Crippen molar-refractivity contribution >= 4 is 11.4 Å². The van der Waals surface area contributed by atoms with E-state index in [2.05, 4.69) is 15.5 Å². The number of aromatic nitrogens is 3. The fourth-order valence-corrected chi connectivity index (χ4v) is 1.53. The number of nitrogens with zero attached hydrogens (tertiary/aromatic N) is 3. The lowest BCUT2D eigenvalue weighted by molar-refractivity contribution is 0.633. The second kappa shape index (κ2) is 4.82. The van der Waals surface area contributed by atoms with E-state index >= 15 is 0 Å². The number of aryl methyl sites for hydroxylation is 1. The Balaban J connectivity index is 1.95. The zero-order valence-corrected chi connectivity index (χ0v) is 9.52. The van der Waals surface area contributed by atoms with Gasteiger partial charge in [0.25, 0.3) is 0 Å². The van der Waals surface area contributed by atoms with Gasteiger partial charge in [0.05, 0.1) is 11.4 Å². The van der Waals surface area contributed by atoms with Crippen LogP contribution in [0.1, 0.15) is 5.82 Å². The van der Waals surface area contributed by atoms with Gasteiger partial charge in [0, 0.05) is 20.0 Å². The van der Waals surface area contributed by atoms with Gasteiger partial charge in [0.2, 0.25) is 0 Å². The Morgan fingerprint density at radius 3 is 3.00 bits per heavy atom. The molecule has 0 atom stereocenters. The summed E-state index contributed by atoms with van der Waals surface area (Å²) in [5.74, 6) is 0.459. The summed E-state index contributed by atoms with van der Waals surface area (Å²) < 4.78 is 15.0. The topological polar surface area (TPSA) is 68.8 Å². The normalized spacial score (nSPS) is 10.5. The molecule has 1 heterocycles. The maximum atomic E-state index is 13.2. The van der Waals surface area contributed by atoms with Crippen LogP contribution in [0.3, 0.4) is 0 Å². The maximum absolute atomic E-state index is 13.2. The first-order valence-corrected chi connectivity index (χ1v) is 5.29. The molecule has 1 aromatic carbocycles. The summed E-state index contributed by atoms with van der Waals surface area (Å²) in [6.45, 7) is 0.625. The summed E-state index contributed by atoms with van der Waals surface area (Å²) in [5, 5.41) is 10.8. The first-order chi connectivity index (χ1) is 8.18. The Morgan fingerprint density at radius 2 is 2.29 bits per heavy atom. The Bertz CT molecular complexity index is 508. The Morgan fingerprint density at radius 1 is 1.47 bits per heavy atom. The first kappa shape index (κ1) is 11.4. The van der Waals surface area contributed by atoms with Crippen LogP contribution in [-0.4, -0.2) is 21.3 Å². The number of benzene rings is 1. The van der Waals surface area contributed by atoms with Crippen LogP contribution in [0.25, 0.3) is 0 Å². The maximum Gasteiger partial charge on any atom is 0.148 e. The number of para-hydroxylation sites is 1. The molecule has 17 heavy (non-hydrogen) atoms. The van der Waals surface area contributed by atoms with Crippen molar-refractivity contribution in [3.8, 4) is 0 Å². The number of nitrogen functional groups attached to an aromatic ring is 1. The minimum absolute atomic E-state index is 0.144. The standard InChI is InChI=1S/C11H14FN5/c1-17-7-15-16-10(17)5-6-14-9-4-2-3-8(12)11(9)13/h2-4,7,14H,5-6,13H2,1H3. The summed E-state index contributed by atoms with van der Waals surface area (Å²) in [5.41, 5.74) is 6.35. The monoisotopic (exact) mass is 235 g/mol. The number of rotatable bonds is 4. The molecule has 5 nitrogen and oxygen atoms in total. The van der Waals surface area contributed by atoms with Crippen LogP contribution in [0.15, 0.2) is 24.5 Å². The van der Waals surface area contributed by atoms with Crippen LogP contribution >= 0.6 is 0 Å². The molecular formula is C11H14FN5. The molecule has 0 aliphatic heterocycles. The Kier molecular flexibility index (Phi) is 3.22. The van der Waals surface area contributed by atoms with Gasteiger partial charge in [0.15, 0.2) is 0 Å². The molecule has 3 N–H and O–H groups in total. The smallest absolute Gasteiger partial charge is 0.148 e.